The lowest BCUT2D eigenvalue weighted by atomic mass is 9.92. The number of anilines is 2. The van der Waals surface area contributed by atoms with Crippen molar-refractivity contribution in [1.82, 2.24) is 0 Å². The van der Waals surface area contributed by atoms with E-state index in [1.807, 2.05) is 20.8 Å². The molecule has 1 aromatic carbocycles. The van der Waals surface area contributed by atoms with Gasteiger partial charge in [0.1, 0.15) is 5.60 Å². The van der Waals surface area contributed by atoms with Crippen molar-refractivity contribution in [3.8, 4) is 0 Å². The molecule has 1 unspecified atom stereocenters. The van der Waals surface area contributed by atoms with Crippen LogP contribution >= 0.6 is 0 Å². The number of carbonyl (C=O) groups excluding carboxylic acids is 1. The van der Waals surface area contributed by atoms with Crippen LogP contribution in [0.2, 0.25) is 0 Å². The first-order valence-electron chi connectivity index (χ1n) is 12.4. The average molecular weight is 433 g/mol. The third-order valence-electron chi connectivity index (χ3n) is 5.40. The predicted octanol–water partition coefficient (Wildman–Crippen LogP) is 7.32. The van der Waals surface area contributed by atoms with Gasteiger partial charge in [-0.05, 0) is 63.1 Å². The molecule has 178 valence electrons. The van der Waals surface area contributed by atoms with Gasteiger partial charge in [-0.2, -0.15) is 0 Å². The molecular weight excluding hydrogens is 384 g/mol. The van der Waals surface area contributed by atoms with Crippen LogP contribution in [-0.2, 0) is 9.53 Å². The molecule has 2 N–H and O–H groups in total. The van der Waals surface area contributed by atoms with Crippen LogP contribution in [0, 0.1) is 5.92 Å². The molecule has 4 nitrogen and oxygen atoms in total. The summed E-state index contributed by atoms with van der Waals surface area (Å²) in [5, 5.41) is 0. The summed E-state index contributed by atoms with van der Waals surface area (Å²) in [6, 6.07) is 6.94. The number of esters is 1. The fraction of sp³-hybridized carbons (Fsp3) is 0.741. The topological polar surface area (TPSA) is 55.6 Å². The Kier molecular flexibility index (Phi) is 11.4. The molecule has 1 saturated carbocycles. The molecule has 31 heavy (non-hydrogen) atoms. The maximum absolute atomic E-state index is 12.2. The van der Waals surface area contributed by atoms with Gasteiger partial charge in [0.05, 0.1) is 17.8 Å². The first kappa shape index (κ1) is 27.3. The zero-order valence-corrected chi connectivity index (χ0v) is 21.5. The minimum absolute atomic E-state index is 0.0828. The van der Waals surface area contributed by atoms with E-state index in [1.54, 1.807) is 0 Å². The highest BCUT2D eigenvalue weighted by atomic mass is 16.6. The largest absolute Gasteiger partial charge is 0.460 e. The maximum atomic E-state index is 12.2. The van der Waals surface area contributed by atoms with Crippen molar-refractivity contribution in [2.75, 3.05) is 17.2 Å². The van der Waals surface area contributed by atoms with Crippen molar-refractivity contribution in [2.24, 2.45) is 5.92 Å². The Hall–Kier alpha value is -1.71. The highest BCUT2D eigenvalue weighted by molar-refractivity contribution is 5.72. The van der Waals surface area contributed by atoms with Gasteiger partial charge in [0, 0.05) is 12.6 Å². The molecule has 1 aliphatic rings. The molecule has 2 rings (SSSR count). The van der Waals surface area contributed by atoms with Crippen molar-refractivity contribution in [3.05, 3.63) is 23.8 Å². The lowest BCUT2D eigenvalue weighted by Crippen LogP contribution is -2.39. The Labute approximate surface area is 191 Å². The SMILES string of the molecule is CC(C)CN(c1ccc(C(C)CC(=O)OC(C)(C)C)cc1N)C1CCCCC1.CCC. The summed E-state index contributed by atoms with van der Waals surface area (Å²) in [6.07, 6.45) is 8.09. The van der Waals surface area contributed by atoms with Crippen LogP contribution in [0.4, 0.5) is 11.4 Å². The Morgan fingerprint density at radius 1 is 1.13 bits per heavy atom. The van der Waals surface area contributed by atoms with E-state index in [4.69, 9.17) is 10.5 Å². The van der Waals surface area contributed by atoms with E-state index in [0.717, 1.165) is 23.5 Å². The summed E-state index contributed by atoms with van der Waals surface area (Å²) in [5.41, 5.74) is 9.13. The molecule has 0 amide bonds. The molecule has 0 bridgehead atoms. The van der Waals surface area contributed by atoms with Gasteiger partial charge in [0.25, 0.3) is 0 Å². The number of ether oxygens (including phenoxy) is 1. The van der Waals surface area contributed by atoms with Crippen molar-refractivity contribution in [2.45, 2.75) is 118 Å². The number of benzene rings is 1. The van der Waals surface area contributed by atoms with Crippen molar-refractivity contribution in [1.29, 1.82) is 0 Å². The van der Waals surface area contributed by atoms with Gasteiger partial charge >= 0.3 is 5.97 Å². The van der Waals surface area contributed by atoms with Gasteiger partial charge in [0.15, 0.2) is 0 Å². The normalized spacial score (nSPS) is 15.8. The molecule has 1 atom stereocenters. The Bertz CT molecular complexity index is 658. The molecule has 4 heteroatoms. The highest BCUT2D eigenvalue weighted by Gasteiger charge is 2.24. The monoisotopic (exact) mass is 432 g/mol. The molecule has 0 aliphatic heterocycles. The number of nitrogens with two attached hydrogens (primary N) is 1. The first-order chi connectivity index (χ1) is 14.5. The minimum atomic E-state index is -0.447. The molecule has 0 aromatic heterocycles. The molecule has 0 radical (unpaired) electrons. The fourth-order valence-electron chi connectivity index (χ4n) is 4.12. The molecule has 0 heterocycles. The number of hydrogen-bond donors (Lipinski definition) is 1. The van der Waals surface area contributed by atoms with Crippen LogP contribution in [0.15, 0.2) is 18.2 Å². The van der Waals surface area contributed by atoms with E-state index >= 15 is 0 Å². The van der Waals surface area contributed by atoms with Gasteiger partial charge in [0.2, 0.25) is 0 Å². The number of nitrogen functional groups attached to an aromatic ring is 1. The van der Waals surface area contributed by atoms with E-state index in [-0.39, 0.29) is 11.9 Å². The highest BCUT2D eigenvalue weighted by Crippen LogP contribution is 2.34. The summed E-state index contributed by atoms with van der Waals surface area (Å²) < 4.78 is 5.47. The van der Waals surface area contributed by atoms with Crippen LogP contribution < -0.4 is 10.6 Å². The Balaban J connectivity index is 0.00000151. The zero-order valence-electron chi connectivity index (χ0n) is 21.5. The predicted molar refractivity (Wildman–Crippen MR) is 135 cm³/mol. The van der Waals surface area contributed by atoms with Crippen molar-refractivity contribution in [3.63, 3.8) is 0 Å². The lowest BCUT2D eigenvalue weighted by molar-refractivity contribution is -0.155. The third kappa shape index (κ3) is 9.97. The number of nitrogens with zero attached hydrogens (tertiary/aromatic N) is 1. The van der Waals surface area contributed by atoms with Crippen LogP contribution in [0.5, 0.6) is 0 Å². The van der Waals surface area contributed by atoms with E-state index in [9.17, 15) is 4.79 Å². The van der Waals surface area contributed by atoms with Crippen LogP contribution in [0.25, 0.3) is 0 Å². The van der Waals surface area contributed by atoms with Gasteiger partial charge in [-0.25, -0.2) is 0 Å². The van der Waals surface area contributed by atoms with Crippen LogP contribution in [0.3, 0.4) is 0 Å². The lowest BCUT2D eigenvalue weighted by Gasteiger charge is -2.38. The number of carbonyl (C=O) groups is 1. The Morgan fingerprint density at radius 3 is 2.19 bits per heavy atom. The number of hydrogen-bond acceptors (Lipinski definition) is 4. The first-order valence-corrected chi connectivity index (χ1v) is 12.4. The number of rotatable bonds is 7. The molecule has 0 spiro atoms. The summed E-state index contributed by atoms with van der Waals surface area (Å²) >= 11 is 0. The smallest absolute Gasteiger partial charge is 0.306 e. The van der Waals surface area contributed by atoms with Gasteiger partial charge in [-0.3, -0.25) is 4.79 Å². The average Bonchev–Trinajstić information content (AvgIpc) is 2.66. The standard InChI is InChI=1S/C24H40N2O2.C3H8/c1-17(2)16-26(20-10-8-7-9-11-20)22-13-12-19(15-21(22)25)18(3)14-23(27)28-24(4,5)6;1-3-2/h12-13,15,17-18,20H,7-11,14,16,25H2,1-6H3;3H2,1-2H3. The molecule has 0 saturated heterocycles. The van der Waals surface area contributed by atoms with Gasteiger partial charge in [-0.1, -0.05) is 66.4 Å². The molecular formula is C27H48N2O2. The van der Waals surface area contributed by atoms with Crippen molar-refractivity contribution < 1.29 is 9.53 Å². The maximum Gasteiger partial charge on any atom is 0.306 e. The van der Waals surface area contributed by atoms with E-state index < -0.39 is 5.60 Å². The van der Waals surface area contributed by atoms with Crippen molar-refractivity contribution >= 4 is 17.3 Å². The van der Waals surface area contributed by atoms with Gasteiger partial charge < -0.3 is 15.4 Å². The second-order valence-electron chi connectivity index (χ2n) is 10.6. The second-order valence-corrected chi connectivity index (χ2v) is 10.6. The molecule has 1 aromatic rings. The minimum Gasteiger partial charge on any atom is -0.460 e. The quantitative estimate of drug-likeness (QED) is 0.362. The van der Waals surface area contributed by atoms with Gasteiger partial charge in [-0.15, -0.1) is 0 Å². The summed E-state index contributed by atoms with van der Waals surface area (Å²) in [7, 11) is 0. The molecule has 1 aliphatic carbocycles. The molecule has 1 fully saturated rings. The second kappa shape index (κ2) is 13.0. The summed E-state index contributed by atoms with van der Waals surface area (Å²) in [6.45, 7) is 17.6. The van der Waals surface area contributed by atoms with E-state index in [2.05, 4.69) is 57.7 Å². The van der Waals surface area contributed by atoms with Crippen LogP contribution in [-0.4, -0.2) is 24.2 Å². The fourth-order valence-corrected chi connectivity index (χ4v) is 4.12. The summed E-state index contributed by atoms with van der Waals surface area (Å²) in [4.78, 5) is 14.7. The van der Waals surface area contributed by atoms with Crippen LogP contribution in [0.1, 0.15) is 112 Å². The van der Waals surface area contributed by atoms with E-state index in [1.165, 1.54) is 38.5 Å². The zero-order chi connectivity index (χ0) is 23.6. The Morgan fingerprint density at radius 2 is 1.71 bits per heavy atom. The summed E-state index contributed by atoms with van der Waals surface area (Å²) in [5.74, 6) is 0.512. The third-order valence-corrected chi connectivity index (χ3v) is 5.40. The van der Waals surface area contributed by atoms with E-state index in [0.29, 0.717) is 18.4 Å².